The predicted molar refractivity (Wildman–Crippen MR) is 22.0 cm³/mol. The molecule has 0 aliphatic rings. The van der Waals surface area contributed by atoms with Gasteiger partial charge in [-0.05, 0) is 0 Å². The van der Waals surface area contributed by atoms with Crippen molar-refractivity contribution in [3.63, 3.8) is 0 Å². The second kappa shape index (κ2) is 3.17. The summed E-state index contributed by atoms with van der Waals surface area (Å²) in [7, 11) is 0. The molecule has 0 fully saturated rings. The van der Waals surface area contributed by atoms with E-state index in [0.717, 1.165) is 0 Å². The smallest absolute Gasteiger partial charge is 0.214 e. The summed E-state index contributed by atoms with van der Waals surface area (Å²) in [5.41, 5.74) is 0. The van der Waals surface area contributed by atoms with Crippen LogP contribution in [0.25, 0.3) is 0 Å². The van der Waals surface area contributed by atoms with E-state index in [0.29, 0.717) is 0 Å². The molecule has 0 aliphatic carbocycles. The second-order valence-electron chi connectivity index (χ2n) is 0.962. The Labute approximate surface area is 50.3 Å². The Bertz CT molecular complexity index is 60.4. The predicted octanol–water partition coefficient (Wildman–Crippen LogP) is 1.40. The third-order valence-corrected chi connectivity index (χ3v) is 0.556. The van der Waals surface area contributed by atoms with Crippen LogP contribution in [0.2, 0.25) is 0 Å². The molecule has 6 heavy (non-hydrogen) atoms. The molecule has 0 aliphatic heterocycles. The minimum Gasteiger partial charge on any atom is -0.214 e. The number of hydrogen-bond acceptors (Lipinski definition) is 0. The molecule has 0 saturated carbocycles. The molecule has 1 rings (SSSR count). The fourth-order valence-electron chi connectivity index (χ4n) is 0.321. The molecule has 0 atom stereocenters. The molecule has 0 amide bonds. The van der Waals surface area contributed by atoms with Crippen molar-refractivity contribution in [2.24, 2.45) is 0 Å². The van der Waals surface area contributed by atoms with Crippen LogP contribution >= 0.6 is 0 Å². The zero-order valence-corrected chi connectivity index (χ0v) is 4.98. The van der Waals surface area contributed by atoms with Crippen molar-refractivity contribution in [1.82, 2.24) is 0 Å². The van der Waals surface area contributed by atoms with E-state index in [2.05, 4.69) is 0 Å². The molecule has 0 N–H and O–H groups in total. The molecule has 0 aromatic heterocycles. The molecule has 28 valence electrons. The molecule has 1 aromatic rings. The van der Waals surface area contributed by atoms with Gasteiger partial charge in [0.1, 0.15) is 0 Å². The third kappa shape index (κ3) is 1.42. The van der Waals surface area contributed by atoms with Gasteiger partial charge >= 0.3 is 19.5 Å². The Morgan fingerprint density at radius 1 is 1.00 bits per heavy atom. The summed E-state index contributed by atoms with van der Waals surface area (Å²) < 4.78 is 0. The largest absolute Gasteiger partial charge is 6.00 e. The van der Waals surface area contributed by atoms with E-state index < -0.39 is 0 Å². The molecule has 0 heterocycles. The van der Waals surface area contributed by atoms with Gasteiger partial charge in [0.05, 0.1) is 0 Å². The van der Waals surface area contributed by atoms with Gasteiger partial charge in [-0.3, -0.25) is 0 Å². The van der Waals surface area contributed by atoms with Crippen molar-refractivity contribution in [2.45, 2.75) is 0 Å². The van der Waals surface area contributed by atoms with Crippen LogP contribution in [0.15, 0.2) is 30.3 Å². The van der Waals surface area contributed by atoms with Gasteiger partial charge in [-0.1, -0.05) is 0 Å². The summed E-state index contributed by atoms with van der Waals surface area (Å²) in [6.07, 6.45) is 0. The van der Waals surface area contributed by atoms with Crippen molar-refractivity contribution in [3.8, 4) is 0 Å². The fraction of sp³-hybridized carbons (Fsp3) is 0. The van der Waals surface area contributed by atoms with Gasteiger partial charge in [0.2, 0.25) is 0 Å². The van der Waals surface area contributed by atoms with Crippen LogP contribution < -0.4 is 0 Å². The van der Waals surface area contributed by atoms with E-state index in [-0.39, 0.29) is 19.5 Å². The zero-order chi connectivity index (χ0) is 3.54. The molecule has 0 radical (unpaired) electrons. The summed E-state index contributed by atoms with van der Waals surface area (Å²) in [4.78, 5) is 0. The molecule has 0 spiro atoms. The van der Waals surface area contributed by atoms with Crippen LogP contribution in [0.4, 0.5) is 0 Å². The maximum atomic E-state index is 2.00. The van der Waals surface area contributed by atoms with Gasteiger partial charge in [0, 0.05) is 0 Å². The van der Waals surface area contributed by atoms with Gasteiger partial charge in [0.15, 0.2) is 0 Å². The first-order chi connectivity index (χ1) is 2.50. The van der Waals surface area contributed by atoms with Crippen molar-refractivity contribution in [2.75, 3.05) is 0 Å². The van der Waals surface area contributed by atoms with Crippen molar-refractivity contribution < 1.29 is 19.5 Å². The average molecular weight is 166 g/mol. The minimum atomic E-state index is 0. The van der Waals surface area contributed by atoms with Gasteiger partial charge in [0.25, 0.3) is 0 Å². The topological polar surface area (TPSA) is 0 Å². The van der Waals surface area contributed by atoms with Crippen molar-refractivity contribution in [1.29, 1.82) is 0 Å². The molecule has 1 heteroatoms. The summed E-state index contributed by atoms with van der Waals surface area (Å²) in [5, 5.41) is 0. The molecular weight excluding hydrogens is 161 g/mol. The van der Waals surface area contributed by atoms with Gasteiger partial charge in [-0.15, -0.1) is 0 Å². The van der Waals surface area contributed by atoms with Gasteiger partial charge in [-0.25, -0.2) is 12.1 Å². The average Bonchev–Trinajstić information content (AvgIpc) is 1.76. The number of rotatable bonds is 0. The first kappa shape index (κ1) is 5.97. The van der Waals surface area contributed by atoms with Crippen LogP contribution in [0, 0.1) is 0 Å². The van der Waals surface area contributed by atoms with Crippen LogP contribution in [0.1, 0.15) is 0 Å². The van der Waals surface area contributed by atoms with Crippen LogP contribution in [-0.4, -0.2) is 0 Å². The summed E-state index contributed by atoms with van der Waals surface area (Å²) >= 11 is 0. The monoisotopic (exact) mass is 167 g/mol. The van der Waals surface area contributed by atoms with Crippen molar-refractivity contribution >= 4 is 0 Å². The molecule has 0 nitrogen and oxygen atoms in total. The number of hydrogen-bond donors (Lipinski definition) is 0. The molecular formula is C5H5Ru+5. The second-order valence-corrected chi connectivity index (χ2v) is 0.962. The Morgan fingerprint density at radius 3 is 1.67 bits per heavy atom. The molecule has 0 bridgehead atoms. The van der Waals surface area contributed by atoms with Crippen LogP contribution in [-0.2, 0) is 19.5 Å². The Morgan fingerprint density at radius 2 is 1.50 bits per heavy atom. The maximum Gasteiger partial charge on any atom is 6.00 e. The van der Waals surface area contributed by atoms with Crippen LogP contribution in [0.3, 0.4) is 0 Å². The van der Waals surface area contributed by atoms with E-state index in [1.165, 1.54) is 0 Å². The standard InChI is InChI=1S/C5H5.Ru/c1-2-4-5-3-1;/h1-5H;/q-1;+6. The van der Waals surface area contributed by atoms with E-state index in [1.807, 2.05) is 30.3 Å². The van der Waals surface area contributed by atoms with Gasteiger partial charge in [-0.2, -0.15) is 18.2 Å². The fourth-order valence-corrected chi connectivity index (χ4v) is 0.321. The normalized spacial score (nSPS) is 6.67. The molecule has 0 unspecified atom stereocenters. The van der Waals surface area contributed by atoms with E-state index in [9.17, 15) is 0 Å². The van der Waals surface area contributed by atoms with E-state index >= 15 is 0 Å². The first-order valence-corrected chi connectivity index (χ1v) is 1.67. The van der Waals surface area contributed by atoms with E-state index in [4.69, 9.17) is 0 Å². The zero-order valence-electron chi connectivity index (χ0n) is 3.24. The third-order valence-electron chi connectivity index (χ3n) is 0.556. The first-order valence-electron chi connectivity index (χ1n) is 1.67. The SMILES string of the molecule is [Ru+6].c1cc[cH-]c1. The molecule has 0 saturated heterocycles. The molecule has 1 aromatic carbocycles. The summed E-state index contributed by atoms with van der Waals surface area (Å²) in [6.45, 7) is 0. The summed E-state index contributed by atoms with van der Waals surface area (Å²) in [6, 6.07) is 10.0. The Balaban J connectivity index is 0.000000250. The Hall–Kier alpha value is -0.0266. The van der Waals surface area contributed by atoms with E-state index in [1.54, 1.807) is 0 Å². The van der Waals surface area contributed by atoms with Gasteiger partial charge < -0.3 is 0 Å². The van der Waals surface area contributed by atoms with Crippen LogP contribution in [0.5, 0.6) is 0 Å². The Kier molecular flexibility index (Phi) is 3.16. The van der Waals surface area contributed by atoms with Crippen molar-refractivity contribution in [3.05, 3.63) is 30.3 Å². The summed E-state index contributed by atoms with van der Waals surface area (Å²) in [5.74, 6) is 0. The minimum absolute atomic E-state index is 0. The maximum absolute atomic E-state index is 2.00. The quantitative estimate of drug-likeness (QED) is 0.403.